The average molecular weight is 1090 g/mol. The molecule has 0 atom stereocenters. The molecule has 2 bridgehead atoms. The summed E-state index contributed by atoms with van der Waals surface area (Å²) in [4.78, 5) is 0. The van der Waals surface area contributed by atoms with Gasteiger partial charge < -0.3 is 24.0 Å². The minimum absolute atomic E-state index is 0. The maximum atomic E-state index is 11.4. The Morgan fingerprint density at radius 2 is 0.597 bits per heavy atom. The van der Waals surface area contributed by atoms with E-state index in [2.05, 4.69) is 18.9 Å². The fourth-order valence-electron chi connectivity index (χ4n) is 4.58. The first-order valence-electron chi connectivity index (χ1n) is 20.8. The molecule has 0 aromatic heterocycles. The van der Waals surface area contributed by atoms with Crippen LogP contribution in [0, 0.1) is 11.8 Å². The Morgan fingerprint density at radius 3 is 0.701 bits per heavy atom. The van der Waals surface area contributed by atoms with Gasteiger partial charge in [-0.05, 0) is 18.3 Å². The van der Waals surface area contributed by atoms with Gasteiger partial charge >= 0.3 is 22.0 Å². The molecular formula is C38H72F12N4O9S4-4. The second-order valence-electron chi connectivity index (χ2n) is 12.0. The molecule has 4 rings (SSSR count). The Kier molecular flexibility index (Phi) is 49.3. The Labute approximate surface area is 392 Å². The van der Waals surface area contributed by atoms with Gasteiger partial charge in [0.2, 0.25) is 0 Å². The predicted molar refractivity (Wildman–Crippen MR) is 242 cm³/mol. The maximum Gasteiger partial charge on any atom is 0.480 e. The summed E-state index contributed by atoms with van der Waals surface area (Å²) in [5, 5.41) is 7.97. The van der Waals surface area contributed by atoms with Gasteiger partial charge in [0.25, 0.3) is 0 Å². The van der Waals surface area contributed by atoms with Crippen LogP contribution in [0.3, 0.4) is 0 Å². The average Bonchev–Trinajstić information content (AvgIpc) is 3.91. The molecule has 67 heavy (non-hydrogen) atoms. The number of nitrogens with zero attached hydrogens (tertiary/aromatic N) is 4. The van der Waals surface area contributed by atoms with Crippen molar-refractivity contribution >= 4 is 40.1 Å². The van der Waals surface area contributed by atoms with E-state index in [1.54, 1.807) is 32.1 Å². The van der Waals surface area contributed by atoms with Gasteiger partial charge in [-0.3, -0.25) is 0 Å². The maximum absolute atomic E-state index is 11.4. The molecule has 13 nitrogen and oxygen atoms in total. The lowest BCUT2D eigenvalue weighted by Crippen LogP contribution is -2.22. The third kappa shape index (κ3) is 41.5. The van der Waals surface area contributed by atoms with Gasteiger partial charge in [-0.15, -0.1) is 26.2 Å². The zero-order valence-corrected chi connectivity index (χ0v) is 41.9. The largest absolute Gasteiger partial charge is 0.541 e. The highest BCUT2D eigenvalue weighted by Crippen LogP contribution is 2.44. The Hall–Kier alpha value is -2.02. The van der Waals surface area contributed by atoms with Crippen LogP contribution in [0.15, 0.2) is 36.4 Å². The minimum atomic E-state index is -5.39. The lowest BCUT2D eigenvalue weighted by molar-refractivity contribution is -0.0433. The molecule has 410 valence electrons. The van der Waals surface area contributed by atoms with E-state index in [1.807, 2.05) is 77.9 Å². The minimum Gasteiger partial charge on any atom is -0.541 e. The van der Waals surface area contributed by atoms with E-state index in [0.29, 0.717) is 0 Å². The van der Waals surface area contributed by atoms with Crippen LogP contribution in [0.25, 0.3) is 18.9 Å². The third-order valence-corrected chi connectivity index (χ3v) is 11.9. The summed E-state index contributed by atoms with van der Waals surface area (Å²) in [5.74, 6) is 2.34. The zero-order chi connectivity index (χ0) is 53.5. The van der Waals surface area contributed by atoms with Crippen LogP contribution < -0.4 is 0 Å². The van der Waals surface area contributed by atoms with E-state index in [1.165, 1.54) is 71.1 Å². The molecule has 1 aromatic rings. The van der Waals surface area contributed by atoms with Gasteiger partial charge in [0, 0.05) is 6.61 Å². The van der Waals surface area contributed by atoms with Gasteiger partial charge in [-0.1, -0.05) is 170 Å². The SMILES string of the molecule is C.C1CC2CCC1C2.C1CCCCC1.CC.CC.CC.CC[N-]S(=O)(=O)C(F)(F)F.CC[N-]S(=O)(=O)C(F)(F)F.CC[N-]S(=O)(=O)C(F)(F)F.O=S(=O)([N-]CCO)C(F)(F)F.c1ccccc1. The molecule has 3 aliphatic rings. The van der Waals surface area contributed by atoms with Gasteiger partial charge in [-0.25, -0.2) is 33.7 Å². The summed E-state index contributed by atoms with van der Waals surface area (Å²) in [6.07, 6.45) is 16.8. The zero-order valence-electron chi connectivity index (χ0n) is 38.6. The molecule has 0 saturated heterocycles. The summed E-state index contributed by atoms with van der Waals surface area (Å²) in [6.45, 7) is 13.0. The second kappa shape index (κ2) is 41.7. The van der Waals surface area contributed by atoms with E-state index in [-0.39, 0.29) is 27.1 Å². The Bertz CT molecular complexity index is 1540. The molecule has 3 fully saturated rings. The molecule has 0 spiro atoms. The van der Waals surface area contributed by atoms with Crippen molar-refractivity contribution in [2.24, 2.45) is 11.8 Å². The lowest BCUT2D eigenvalue weighted by Gasteiger charge is -2.19. The van der Waals surface area contributed by atoms with Gasteiger partial charge in [0.05, 0.1) is 0 Å². The highest BCUT2D eigenvalue weighted by molar-refractivity contribution is 7.95. The van der Waals surface area contributed by atoms with Crippen LogP contribution in [0.4, 0.5) is 52.7 Å². The summed E-state index contributed by atoms with van der Waals surface area (Å²) >= 11 is 0. The van der Waals surface area contributed by atoms with Crippen molar-refractivity contribution < 1.29 is 91.5 Å². The number of aliphatic hydroxyl groups excluding tert-OH is 1. The van der Waals surface area contributed by atoms with Gasteiger partial charge in [-0.2, -0.15) is 52.7 Å². The normalized spacial score (nSPS) is 16.4. The predicted octanol–water partition coefficient (Wildman–Crippen LogP) is 13.8. The van der Waals surface area contributed by atoms with E-state index in [0.717, 1.165) is 0 Å². The van der Waals surface area contributed by atoms with Crippen LogP contribution >= 0.6 is 0 Å². The number of aliphatic hydroxyl groups is 1. The van der Waals surface area contributed by atoms with Crippen LogP contribution in [-0.2, 0) is 40.1 Å². The smallest absolute Gasteiger partial charge is 0.480 e. The topological polar surface area (TPSA) is 213 Å². The van der Waals surface area contributed by atoms with Crippen molar-refractivity contribution in [2.75, 3.05) is 32.8 Å². The molecule has 1 aromatic carbocycles. The van der Waals surface area contributed by atoms with E-state index in [4.69, 9.17) is 5.11 Å². The quantitative estimate of drug-likeness (QED) is 0.233. The van der Waals surface area contributed by atoms with Crippen LogP contribution in [0.2, 0.25) is 0 Å². The molecule has 0 unspecified atom stereocenters. The van der Waals surface area contributed by atoms with E-state index in [9.17, 15) is 86.4 Å². The number of benzene rings is 1. The number of hydrogen-bond acceptors (Lipinski definition) is 9. The molecule has 3 saturated carbocycles. The number of fused-ring (bicyclic) bond motifs is 2. The summed E-state index contributed by atoms with van der Waals surface area (Å²) in [7, 11) is -21.1. The Balaban J connectivity index is -0.000000123. The third-order valence-electron chi connectivity index (χ3n) is 7.23. The first kappa shape index (κ1) is 79.1. The molecule has 0 aliphatic heterocycles. The Morgan fingerprint density at radius 1 is 0.418 bits per heavy atom. The molecule has 3 aliphatic carbocycles. The van der Waals surface area contributed by atoms with Gasteiger partial charge in [0.1, 0.15) is 0 Å². The fourth-order valence-corrected chi connectivity index (χ4v) is 6.51. The van der Waals surface area contributed by atoms with E-state index < -0.39 is 75.3 Å². The number of sulfonamides is 4. The number of alkyl halides is 12. The van der Waals surface area contributed by atoms with Crippen molar-refractivity contribution in [3.05, 3.63) is 55.3 Å². The number of rotatable bonds is 9. The highest BCUT2D eigenvalue weighted by Gasteiger charge is 2.40. The summed E-state index contributed by atoms with van der Waals surface area (Å²) < 4.78 is 225. The van der Waals surface area contributed by atoms with Crippen molar-refractivity contribution in [1.29, 1.82) is 0 Å². The molecular weight excluding hydrogens is 1010 g/mol. The molecule has 0 amide bonds. The molecule has 0 radical (unpaired) electrons. The second-order valence-corrected chi connectivity index (χ2v) is 18.7. The highest BCUT2D eigenvalue weighted by atomic mass is 32.2. The molecule has 1 N–H and O–H groups in total. The van der Waals surface area contributed by atoms with Crippen LogP contribution in [0.1, 0.15) is 140 Å². The standard InChI is InChI=1S/C7H12.C6H12.C6H6.C3H5F3NO3S.3C3H5F3NO2S.3C2H6.CH4/c1-2-7-4-3-6(1)5-7;2*1-2-4-6-5-3-1;4-3(5,6)11(9,10)7-1-2-8;3*1-2-7-10(8,9)3(4,5)6;3*1-2;/h6-7H,1-5H2;1-6H2;1-6H;8H,1-2H2;3*2H2,1H3;3*1-2H3;1H4/q;;;4*-1;;;;. The van der Waals surface area contributed by atoms with E-state index >= 15 is 0 Å². The summed E-state index contributed by atoms with van der Waals surface area (Å²) in [6, 6.07) is 12.0. The monoisotopic (exact) mass is 1080 g/mol. The number of halogens is 12. The fraction of sp³-hybridized carbons (Fsp3) is 0.842. The van der Waals surface area contributed by atoms with Gasteiger partial charge in [0.15, 0.2) is 40.1 Å². The van der Waals surface area contributed by atoms with Crippen molar-refractivity contribution in [2.45, 2.75) is 162 Å². The van der Waals surface area contributed by atoms with Crippen molar-refractivity contribution in [3.8, 4) is 0 Å². The number of hydrogen-bond donors (Lipinski definition) is 1. The van der Waals surface area contributed by atoms with Crippen LogP contribution in [0.5, 0.6) is 0 Å². The first-order valence-corrected chi connectivity index (χ1v) is 26.6. The van der Waals surface area contributed by atoms with Crippen molar-refractivity contribution in [1.82, 2.24) is 0 Å². The van der Waals surface area contributed by atoms with Crippen molar-refractivity contribution in [3.63, 3.8) is 0 Å². The van der Waals surface area contributed by atoms with Crippen LogP contribution in [-0.4, -0.2) is 93.6 Å². The molecule has 0 heterocycles. The lowest BCUT2D eigenvalue weighted by atomic mass is 10.0. The first-order chi connectivity index (χ1) is 30.2. The summed E-state index contributed by atoms with van der Waals surface area (Å²) in [5.41, 5.74) is -21.1. The molecule has 29 heteroatoms.